The highest BCUT2D eigenvalue weighted by Crippen LogP contribution is 2.16. The van der Waals surface area contributed by atoms with Crippen molar-refractivity contribution in [2.75, 3.05) is 6.61 Å². The molecule has 2 heteroatoms. The number of alkyl halides is 1. The maximum absolute atomic E-state index is 5.77. The lowest BCUT2D eigenvalue weighted by Gasteiger charge is -2.07. The Bertz CT molecular complexity index is 325. The molecule has 0 heterocycles. The van der Waals surface area contributed by atoms with Gasteiger partial charge >= 0.3 is 0 Å². The van der Waals surface area contributed by atoms with Crippen molar-refractivity contribution in [2.24, 2.45) is 0 Å². The molecule has 0 aliphatic carbocycles. The Labute approximate surface area is 126 Å². The second-order valence-electron chi connectivity index (χ2n) is 5.10. The highest BCUT2D eigenvalue weighted by Gasteiger charge is 1.96. The van der Waals surface area contributed by atoms with Crippen LogP contribution in [-0.2, 0) is 5.33 Å². The van der Waals surface area contributed by atoms with Gasteiger partial charge in [-0.25, -0.2) is 0 Å². The molecule has 108 valence electrons. The van der Waals surface area contributed by atoms with E-state index in [1.54, 1.807) is 0 Å². The third-order valence-electron chi connectivity index (χ3n) is 3.32. The van der Waals surface area contributed by atoms with Crippen LogP contribution in [0.25, 0.3) is 0 Å². The molecule has 0 aliphatic heterocycles. The fourth-order valence-electron chi connectivity index (χ4n) is 2.14. The summed E-state index contributed by atoms with van der Waals surface area (Å²) in [6, 6.07) is 8.31. The normalized spacial score (nSPS) is 10.6. The molecule has 0 spiro atoms. The molecule has 1 rings (SSSR count). The molecule has 1 aromatic rings. The highest BCUT2D eigenvalue weighted by molar-refractivity contribution is 9.08. The average molecular weight is 327 g/mol. The summed E-state index contributed by atoms with van der Waals surface area (Å²) in [6.45, 7) is 3.11. The molecule has 0 atom stereocenters. The van der Waals surface area contributed by atoms with E-state index in [9.17, 15) is 0 Å². The summed E-state index contributed by atoms with van der Waals surface area (Å²) < 4.78 is 5.77. The minimum absolute atomic E-state index is 0.848. The zero-order chi connectivity index (χ0) is 13.8. The summed E-state index contributed by atoms with van der Waals surface area (Å²) >= 11 is 3.46. The van der Waals surface area contributed by atoms with Crippen LogP contribution in [-0.4, -0.2) is 6.61 Å². The van der Waals surface area contributed by atoms with Gasteiger partial charge in [0, 0.05) is 5.33 Å². The van der Waals surface area contributed by atoms with Gasteiger partial charge in [-0.3, -0.25) is 0 Å². The molecule has 0 saturated heterocycles. The Hall–Kier alpha value is -0.500. The van der Waals surface area contributed by atoms with Crippen LogP contribution in [0.3, 0.4) is 0 Å². The molecule has 0 N–H and O–H groups in total. The van der Waals surface area contributed by atoms with Gasteiger partial charge in [0.1, 0.15) is 5.75 Å². The van der Waals surface area contributed by atoms with Crippen LogP contribution in [0, 0.1) is 0 Å². The molecule has 0 saturated carbocycles. The number of hydrogen-bond acceptors (Lipinski definition) is 1. The van der Waals surface area contributed by atoms with Gasteiger partial charge in [-0.2, -0.15) is 0 Å². The molecule has 0 aromatic heterocycles. The van der Waals surface area contributed by atoms with Gasteiger partial charge < -0.3 is 4.74 Å². The third kappa shape index (κ3) is 8.30. The first-order chi connectivity index (χ1) is 9.36. The molecule has 0 radical (unpaired) electrons. The summed E-state index contributed by atoms with van der Waals surface area (Å²) in [5.74, 6) is 1.000. The smallest absolute Gasteiger partial charge is 0.119 e. The van der Waals surface area contributed by atoms with E-state index < -0.39 is 0 Å². The van der Waals surface area contributed by atoms with Crippen molar-refractivity contribution in [2.45, 2.75) is 63.6 Å². The van der Waals surface area contributed by atoms with Gasteiger partial charge in [0.2, 0.25) is 0 Å². The van der Waals surface area contributed by atoms with E-state index in [4.69, 9.17) is 4.74 Å². The van der Waals surface area contributed by atoms with E-state index in [1.165, 1.54) is 56.9 Å². The van der Waals surface area contributed by atoms with E-state index in [1.807, 2.05) is 6.07 Å². The Morgan fingerprint density at radius 1 is 0.947 bits per heavy atom. The lowest BCUT2D eigenvalue weighted by molar-refractivity contribution is 0.304. The average Bonchev–Trinajstić information content (AvgIpc) is 2.46. The van der Waals surface area contributed by atoms with Gasteiger partial charge in [-0.05, 0) is 24.1 Å². The Kier molecular flexibility index (Phi) is 9.88. The first kappa shape index (κ1) is 16.6. The largest absolute Gasteiger partial charge is 0.494 e. The fourth-order valence-corrected chi connectivity index (χ4v) is 2.49. The fraction of sp³-hybridized carbons (Fsp3) is 0.647. The van der Waals surface area contributed by atoms with Gasteiger partial charge in [0.15, 0.2) is 0 Å². The molecule has 0 fully saturated rings. The van der Waals surface area contributed by atoms with Crippen LogP contribution in [0.1, 0.15) is 63.9 Å². The third-order valence-corrected chi connectivity index (χ3v) is 3.97. The van der Waals surface area contributed by atoms with Gasteiger partial charge in [-0.1, -0.05) is 79.9 Å². The molecule has 0 amide bonds. The van der Waals surface area contributed by atoms with Crippen molar-refractivity contribution in [1.29, 1.82) is 0 Å². The monoisotopic (exact) mass is 326 g/mol. The van der Waals surface area contributed by atoms with Gasteiger partial charge in [-0.15, -0.1) is 0 Å². The molecule has 0 bridgehead atoms. The number of ether oxygens (including phenoxy) is 1. The molecule has 1 nitrogen and oxygen atoms in total. The van der Waals surface area contributed by atoms with Crippen molar-refractivity contribution in [3.05, 3.63) is 29.8 Å². The van der Waals surface area contributed by atoms with Gasteiger partial charge in [0.05, 0.1) is 6.61 Å². The number of hydrogen-bond donors (Lipinski definition) is 0. The topological polar surface area (TPSA) is 9.23 Å². The van der Waals surface area contributed by atoms with E-state index in [0.29, 0.717) is 0 Å². The minimum Gasteiger partial charge on any atom is -0.494 e. The van der Waals surface area contributed by atoms with Crippen molar-refractivity contribution in [3.8, 4) is 5.75 Å². The number of benzene rings is 1. The Morgan fingerprint density at radius 3 is 2.32 bits per heavy atom. The predicted octanol–water partition coefficient (Wildman–Crippen LogP) is 6.10. The van der Waals surface area contributed by atoms with Crippen molar-refractivity contribution in [3.63, 3.8) is 0 Å². The lowest BCUT2D eigenvalue weighted by Crippen LogP contribution is -1.97. The van der Waals surface area contributed by atoms with Crippen molar-refractivity contribution >= 4 is 15.9 Å². The van der Waals surface area contributed by atoms with Crippen LogP contribution in [0.4, 0.5) is 0 Å². The van der Waals surface area contributed by atoms with Crippen LogP contribution < -0.4 is 4.74 Å². The van der Waals surface area contributed by atoms with Crippen LogP contribution in [0.5, 0.6) is 5.75 Å². The summed E-state index contributed by atoms with van der Waals surface area (Å²) in [7, 11) is 0. The number of unbranched alkanes of at least 4 members (excludes halogenated alkanes) is 7. The highest BCUT2D eigenvalue weighted by atomic mass is 79.9. The van der Waals surface area contributed by atoms with E-state index in [0.717, 1.165) is 17.7 Å². The van der Waals surface area contributed by atoms with Crippen LogP contribution in [0.15, 0.2) is 24.3 Å². The first-order valence-electron chi connectivity index (χ1n) is 7.64. The number of rotatable bonds is 11. The maximum Gasteiger partial charge on any atom is 0.119 e. The summed E-state index contributed by atoms with van der Waals surface area (Å²) in [5.41, 5.74) is 1.27. The number of halogens is 1. The van der Waals surface area contributed by atoms with Crippen LogP contribution in [0.2, 0.25) is 0 Å². The van der Waals surface area contributed by atoms with Crippen molar-refractivity contribution in [1.82, 2.24) is 0 Å². The zero-order valence-corrected chi connectivity index (χ0v) is 13.8. The standard InChI is InChI=1S/C17H27BrO/c1-2-3-4-5-6-7-8-9-13-19-17-12-10-11-16(14-17)15-18/h10-12,14H,2-9,13,15H2,1H3. The van der Waals surface area contributed by atoms with Crippen LogP contribution >= 0.6 is 15.9 Å². The van der Waals surface area contributed by atoms with E-state index in [2.05, 4.69) is 41.1 Å². The van der Waals surface area contributed by atoms with E-state index >= 15 is 0 Å². The molecule has 19 heavy (non-hydrogen) atoms. The zero-order valence-electron chi connectivity index (χ0n) is 12.2. The summed E-state index contributed by atoms with van der Waals surface area (Å²) in [5, 5.41) is 0.891. The molecule has 1 aromatic carbocycles. The molecule has 0 aliphatic rings. The Morgan fingerprint density at radius 2 is 1.63 bits per heavy atom. The lowest BCUT2D eigenvalue weighted by atomic mass is 10.1. The predicted molar refractivity (Wildman–Crippen MR) is 87.2 cm³/mol. The first-order valence-corrected chi connectivity index (χ1v) is 8.76. The second kappa shape index (κ2) is 11.3. The molecule has 0 unspecified atom stereocenters. The quantitative estimate of drug-likeness (QED) is 0.352. The van der Waals surface area contributed by atoms with Crippen molar-refractivity contribution < 1.29 is 4.74 Å². The maximum atomic E-state index is 5.77. The summed E-state index contributed by atoms with van der Waals surface area (Å²) in [4.78, 5) is 0. The van der Waals surface area contributed by atoms with E-state index in [-0.39, 0.29) is 0 Å². The SMILES string of the molecule is CCCCCCCCCCOc1cccc(CBr)c1. The molecular weight excluding hydrogens is 300 g/mol. The molecular formula is C17H27BrO. The van der Waals surface area contributed by atoms with Gasteiger partial charge in [0.25, 0.3) is 0 Å². The Balaban J connectivity index is 1.98. The summed E-state index contributed by atoms with van der Waals surface area (Å²) in [6.07, 6.45) is 10.8. The second-order valence-corrected chi connectivity index (χ2v) is 5.67. The minimum atomic E-state index is 0.848.